The molecule has 6 nitrogen and oxygen atoms in total. The van der Waals surface area contributed by atoms with Crippen molar-refractivity contribution in [2.24, 2.45) is 11.8 Å². The molecule has 0 saturated heterocycles. The Balaban J connectivity index is 1.66. The zero-order valence-electron chi connectivity index (χ0n) is 14.1. The summed E-state index contributed by atoms with van der Waals surface area (Å²) >= 11 is 0. The predicted octanol–water partition coefficient (Wildman–Crippen LogP) is 3.28. The topological polar surface area (TPSA) is 92.2 Å². The van der Waals surface area contributed by atoms with Gasteiger partial charge in [-0.05, 0) is 50.8 Å². The first-order valence-electron chi connectivity index (χ1n) is 8.46. The van der Waals surface area contributed by atoms with Gasteiger partial charge in [0, 0.05) is 23.4 Å². The molecule has 3 rings (SSSR count). The highest BCUT2D eigenvalue weighted by molar-refractivity contribution is 5.93. The Hall–Kier alpha value is -2.76. The summed E-state index contributed by atoms with van der Waals surface area (Å²) in [6.45, 7) is 1.84. The fourth-order valence-electron chi connectivity index (χ4n) is 3.22. The van der Waals surface area contributed by atoms with Gasteiger partial charge in [0.1, 0.15) is 5.82 Å². The molecule has 1 fully saturated rings. The molecule has 1 aliphatic carbocycles. The molecule has 1 saturated carbocycles. The summed E-state index contributed by atoms with van der Waals surface area (Å²) in [5.74, 6) is -0.539. The zero-order valence-corrected chi connectivity index (χ0v) is 14.1. The van der Waals surface area contributed by atoms with E-state index in [1.165, 1.54) is 0 Å². The lowest BCUT2D eigenvalue weighted by atomic mass is 9.81. The molecule has 1 aromatic carbocycles. The molecule has 25 heavy (non-hydrogen) atoms. The maximum atomic E-state index is 12.5. The van der Waals surface area contributed by atoms with Gasteiger partial charge < -0.3 is 10.4 Å². The van der Waals surface area contributed by atoms with Crippen LogP contribution in [0.25, 0.3) is 11.3 Å². The molecule has 6 heteroatoms. The lowest BCUT2D eigenvalue weighted by Gasteiger charge is -2.25. The van der Waals surface area contributed by atoms with Crippen molar-refractivity contribution in [3.63, 3.8) is 0 Å². The summed E-state index contributed by atoms with van der Waals surface area (Å²) in [5, 5.41) is 12.0. The van der Waals surface area contributed by atoms with Crippen LogP contribution in [0.5, 0.6) is 0 Å². The number of nitrogens with one attached hydrogen (secondary N) is 1. The molecular weight excluding hydrogens is 318 g/mol. The van der Waals surface area contributed by atoms with Crippen LogP contribution in [0, 0.1) is 18.8 Å². The number of aliphatic carboxylic acids is 1. The largest absolute Gasteiger partial charge is 0.481 e. The van der Waals surface area contributed by atoms with Crippen LogP contribution in [0.15, 0.2) is 36.5 Å². The number of anilines is 1. The Bertz CT molecular complexity index is 783. The minimum Gasteiger partial charge on any atom is -0.481 e. The van der Waals surface area contributed by atoms with E-state index in [2.05, 4.69) is 15.3 Å². The molecule has 0 spiro atoms. The van der Waals surface area contributed by atoms with Crippen LogP contribution < -0.4 is 5.32 Å². The zero-order chi connectivity index (χ0) is 17.8. The molecule has 1 heterocycles. The first kappa shape index (κ1) is 17.1. The molecule has 130 valence electrons. The highest BCUT2D eigenvalue weighted by atomic mass is 16.4. The van der Waals surface area contributed by atoms with E-state index in [4.69, 9.17) is 5.11 Å². The number of carboxylic acid groups (broad SMARTS) is 1. The Labute approximate surface area is 146 Å². The van der Waals surface area contributed by atoms with E-state index in [1.807, 2.05) is 37.3 Å². The smallest absolute Gasteiger partial charge is 0.306 e. The van der Waals surface area contributed by atoms with Crippen LogP contribution in [-0.4, -0.2) is 27.0 Å². The number of aromatic nitrogens is 2. The molecule has 0 unspecified atom stereocenters. The van der Waals surface area contributed by atoms with Crippen LogP contribution in [0.3, 0.4) is 0 Å². The number of hydrogen-bond donors (Lipinski definition) is 2. The van der Waals surface area contributed by atoms with Crippen LogP contribution in [0.2, 0.25) is 0 Å². The van der Waals surface area contributed by atoms with E-state index < -0.39 is 5.97 Å². The monoisotopic (exact) mass is 339 g/mol. The van der Waals surface area contributed by atoms with Crippen molar-refractivity contribution in [1.82, 2.24) is 9.97 Å². The number of amides is 1. The van der Waals surface area contributed by atoms with Crippen molar-refractivity contribution in [3.8, 4) is 11.3 Å². The van der Waals surface area contributed by atoms with Crippen molar-refractivity contribution < 1.29 is 14.7 Å². The SMILES string of the molecule is Cc1nccc(-c2cccc(NC(=O)C3CCC(C(=O)O)CC3)c2)n1. The van der Waals surface area contributed by atoms with Gasteiger partial charge in [-0.15, -0.1) is 0 Å². The number of benzene rings is 1. The number of aryl methyl sites for hydroxylation is 1. The molecule has 0 aliphatic heterocycles. The van der Waals surface area contributed by atoms with Crippen molar-refractivity contribution in [2.45, 2.75) is 32.6 Å². The minimum absolute atomic E-state index is 0.0418. The second-order valence-electron chi connectivity index (χ2n) is 6.45. The van der Waals surface area contributed by atoms with E-state index in [9.17, 15) is 9.59 Å². The Kier molecular flexibility index (Phi) is 5.07. The van der Waals surface area contributed by atoms with Crippen molar-refractivity contribution in [2.75, 3.05) is 5.32 Å². The van der Waals surface area contributed by atoms with Gasteiger partial charge in [-0.2, -0.15) is 0 Å². The summed E-state index contributed by atoms with van der Waals surface area (Å²) in [6, 6.07) is 9.39. The average molecular weight is 339 g/mol. The average Bonchev–Trinajstić information content (AvgIpc) is 2.62. The third kappa shape index (κ3) is 4.21. The molecular formula is C19H21N3O3. The van der Waals surface area contributed by atoms with E-state index in [0.29, 0.717) is 31.5 Å². The van der Waals surface area contributed by atoms with Gasteiger partial charge in [0.2, 0.25) is 5.91 Å². The fourth-order valence-corrected chi connectivity index (χ4v) is 3.22. The van der Waals surface area contributed by atoms with Crippen LogP contribution in [0.1, 0.15) is 31.5 Å². The van der Waals surface area contributed by atoms with Gasteiger partial charge >= 0.3 is 5.97 Å². The second-order valence-corrected chi connectivity index (χ2v) is 6.45. The summed E-state index contributed by atoms with van der Waals surface area (Å²) < 4.78 is 0. The maximum Gasteiger partial charge on any atom is 0.306 e. The fraction of sp³-hybridized carbons (Fsp3) is 0.368. The van der Waals surface area contributed by atoms with Crippen molar-refractivity contribution >= 4 is 17.6 Å². The molecule has 0 atom stereocenters. The van der Waals surface area contributed by atoms with Gasteiger partial charge in [0.25, 0.3) is 0 Å². The quantitative estimate of drug-likeness (QED) is 0.892. The summed E-state index contributed by atoms with van der Waals surface area (Å²) in [7, 11) is 0. The number of carbonyl (C=O) groups excluding carboxylic acids is 1. The third-order valence-corrected chi connectivity index (χ3v) is 4.65. The molecule has 1 aromatic heterocycles. The minimum atomic E-state index is -0.758. The van der Waals surface area contributed by atoms with Gasteiger partial charge in [-0.25, -0.2) is 9.97 Å². The van der Waals surface area contributed by atoms with Crippen LogP contribution in [0.4, 0.5) is 5.69 Å². The molecule has 2 aromatic rings. The van der Waals surface area contributed by atoms with Gasteiger partial charge in [0.05, 0.1) is 11.6 Å². The highest BCUT2D eigenvalue weighted by Crippen LogP contribution is 2.30. The third-order valence-electron chi connectivity index (χ3n) is 4.65. The summed E-state index contributed by atoms with van der Waals surface area (Å²) in [4.78, 5) is 32.0. The standard InChI is InChI=1S/C19H21N3O3/c1-12-20-10-9-17(21-12)15-3-2-4-16(11-15)22-18(23)13-5-7-14(8-6-13)19(24)25/h2-4,9-11,13-14H,5-8H2,1H3,(H,22,23)(H,24,25). The molecule has 0 radical (unpaired) electrons. The van der Waals surface area contributed by atoms with Gasteiger partial charge in [-0.3, -0.25) is 9.59 Å². The first-order valence-corrected chi connectivity index (χ1v) is 8.46. The van der Waals surface area contributed by atoms with Gasteiger partial charge in [-0.1, -0.05) is 12.1 Å². The van der Waals surface area contributed by atoms with E-state index in [0.717, 1.165) is 16.9 Å². The van der Waals surface area contributed by atoms with Crippen LogP contribution >= 0.6 is 0 Å². The highest BCUT2D eigenvalue weighted by Gasteiger charge is 2.29. The predicted molar refractivity (Wildman–Crippen MR) is 93.9 cm³/mol. The number of carbonyl (C=O) groups is 2. The van der Waals surface area contributed by atoms with E-state index in [1.54, 1.807) is 6.20 Å². The molecule has 2 N–H and O–H groups in total. The van der Waals surface area contributed by atoms with E-state index >= 15 is 0 Å². The molecule has 1 amide bonds. The normalized spacial score (nSPS) is 20.0. The lowest BCUT2D eigenvalue weighted by molar-refractivity contribution is -0.143. The second kappa shape index (κ2) is 7.42. The molecule has 0 bridgehead atoms. The summed E-state index contributed by atoms with van der Waals surface area (Å²) in [5.41, 5.74) is 2.45. The Morgan fingerprint density at radius 2 is 1.84 bits per heavy atom. The first-order chi connectivity index (χ1) is 12.0. The Morgan fingerprint density at radius 1 is 1.12 bits per heavy atom. The maximum absolute atomic E-state index is 12.5. The number of nitrogens with zero attached hydrogens (tertiary/aromatic N) is 2. The van der Waals surface area contributed by atoms with Crippen molar-refractivity contribution in [3.05, 3.63) is 42.4 Å². The van der Waals surface area contributed by atoms with E-state index in [-0.39, 0.29) is 17.7 Å². The number of carboxylic acids is 1. The Morgan fingerprint density at radius 3 is 2.52 bits per heavy atom. The number of rotatable bonds is 4. The molecule has 1 aliphatic rings. The van der Waals surface area contributed by atoms with Crippen molar-refractivity contribution in [1.29, 1.82) is 0 Å². The lowest BCUT2D eigenvalue weighted by Crippen LogP contribution is -2.29. The van der Waals surface area contributed by atoms with Crippen LogP contribution in [-0.2, 0) is 9.59 Å². The summed E-state index contributed by atoms with van der Waals surface area (Å²) in [6.07, 6.45) is 4.08. The number of hydrogen-bond acceptors (Lipinski definition) is 4. The van der Waals surface area contributed by atoms with Gasteiger partial charge in [0.15, 0.2) is 0 Å².